The third-order valence-electron chi connectivity index (χ3n) is 4.52. The number of carbonyl (C=O) groups is 2. The number of anilines is 1. The lowest BCUT2D eigenvalue weighted by atomic mass is 10.1. The summed E-state index contributed by atoms with van der Waals surface area (Å²) in [5.41, 5.74) is 1.71. The first-order valence-electron chi connectivity index (χ1n) is 10.3. The predicted molar refractivity (Wildman–Crippen MR) is 120 cm³/mol. The standard InChI is InChI=1S/C20H19N5O3.C3H8O/c1-25-15-9-5-6-10-16(15)28-12-14(20(25)27)21-19(26)18-22-17(23-24-18)11-13-7-3-2-4-8-13;1-3(2)4/h2-10,14H,11-12H2,1H3,(H,21,26)(H,22,23,24);3-4H,1-2H3/t14-;/m0./s1. The summed E-state index contributed by atoms with van der Waals surface area (Å²) >= 11 is 0. The fraction of sp³-hybridized carbons (Fsp3) is 0.304. The molecule has 4 rings (SSSR count). The number of amides is 2. The number of benzene rings is 2. The highest BCUT2D eigenvalue weighted by molar-refractivity contribution is 6.02. The quantitative estimate of drug-likeness (QED) is 0.574. The average molecular weight is 438 g/mol. The van der Waals surface area contributed by atoms with Crippen molar-refractivity contribution in [2.75, 3.05) is 18.6 Å². The monoisotopic (exact) mass is 437 g/mol. The Kier molecular flexibility index (Phi) is 7.56. The molecular formula is C23H27N5O4. The molecule has 0 unspecified atom stereocenters. The Bertz CT molecular complexity index is 1050. The number of para-hydroxylation sites is 2. The molecule has 0 radical (unpaired) electrons. The minimum atomic E-state index is -0.832. The lowest BCUT2D eigenvalue weighted by Crippen LogP contribution is -2.49. The summed E-state index contributed by atoms with van der Waals surface area (Å²) in [5, 5.41) is 17.5. The number of aliphatic hydroxyl groups is 1. The van der Waals surface area contributed by atoms with Crippen LogP contribution in [-0.2, 0) is 11.2 Å². The summed E-state index contributed by atoms with van der Waals surface area (Å²) in [6, 6.07) is 16.2. The van der Waals surface area contributed by atoms with Crippen molar-refractivity contribution >= 4 is 17.5 Å². The Morgan fingerprint density at radius 3 is 2.59 bits per heavy atom. The summed E-state index contributed by atoms with van der Waals surface area (Å²) in [5.74, 6) is 0.362. The number of H-pyrrole nitrogens is 1. The molecule has 0 aliphatic carbocycles. The number of rotatable bonds is 4. The van der Waals surface area contributed by atoms with Crippen LogP contribution in [-0.4, -0.2) is 57.9 Å². The van der Waals surface area contributed by atoms with Gasteiger partial charge in [-0.2, -0.15) is 0 Å². The Morgan fingerprint density at radius 1 is 1.22 bits per heavy atom. The minimum absolute atomic E-state index is 0.0110. The van der Waals surface area contributed by atoms with E-state index in [0.717, 1.165) is 5.56 Å². The molecule has 1 aromatic heterocycles. The molecule has 32 heavy (non-hydrogen) atoms. The second kappa shape index (κ2) is 10.5. The van der Waals surface area contributed by atoms with Crippen molar-refractivity contribution in [2.24, 2.45) is 0 Å². The summed E-state index contributed by atoms with van der Waals surface area (Å²) in [7, 11) is 1.65. The maximum absolute atomic E-state index is 12.7. The molecule has 2 heterocycles. The molecule has 9 heteroatoms. The van der Waals surface area contributed by atoms with E-state index < -0.39 is 11.9 Å². The van der Waals surface area contributed by atoms with E-state index >= 15 is 0 Å². The fourth-order valence-corrected chi connectivity index (χ4v) is 3.04. The van der Waals surface area contributed by atoms with E-state index in [0.29, 0.717) is 23.7 Å². The summed E-state index contributed by atoms with van der Waals surface area (Å²) in [4.78, 5) is 30.9. The molecule has 168 valence electrons. The van der Waals surface area contributed by atoms with Gasteiger partial charge >= 0.3 is 0 Å². The van der Waals surface area contributed by atoms with E-state index in [1.807, 2.05) is 42.5 Å². The van der Waals surface area contributed by atoms with E-state index in [2.05, 4.69) is 20.5 Å². The van der Waals surface area contributed by atoms with Gasteiger partial charge in [-0.3, -0.25) is 14.7 Å². The third-order valence-corrected chi connectivity index (χ3v) is 4.52. The van der Waals surface area contributed by atoms with Gasteiger partial charge in [-0.15, -0.1) is 5.10 Å². The van der Waals surface area contributed by atoms with Gasteiger partial charge < -0.3 is 20.1 Å². The first-order chi connectivity index (χ1) is 15.3. The highest BCUT2D eigenvalue weighted by Gasteiger charge is 2.31. The van der Waals surface area contributed by atoms with Gasteiger partial charge in [0, 0.05) is 19.6 Å². The molecular weight excluding hydrogens is 410 g/mol. The number of hydrogen-bond donors (Lipinski definition) is 3. The van der Waals surface area contributed by atoms with Crippen LogP contribution in [0.2, 0.25) is 0 Å². The molecule has 2 amide bonds. The third kappa shape index (κ3) is 5.92. The Balaban J connectivity index is 0.000000668. The molecule has 2 aromatic carbocycles. The minimum Gasteiger partial charge on any atom is -0.489 e. The van der Waals surface area contributed by atoms with E-state index in [1.54, 1.807) is 33.0 Å². The summed E-state index contributed by atoms with van der Waals surface area (Å²) < 4.78 is 5.70. The number of hydrogen-bond acceptors (Lipinski definition) is 6. The van der Waals surface area contributed by atoms with Crippen LogP contribution >= 0.6 is 0 Å². The van der Waals surface area contributed by atoms with E-state index in [9.17, 15) is 9.59 Å². The molecule has 1 aliphatic rings. The van der Waals surface area contributed by atoms with Crippen LogP contribution in [0.5, 0.6) is 5.75 Å². The highest BCUT2D eigenvalue weighted by atomic mass is 16.5. The highest BCUT2D eigenvalue weighted by Crippen LogP contribution is 2.29. The summed E-state index contributed by atoms with van der Waals surface area (Å²) in [6.45, 7) is 3.48. The number of aromatic amines is 1. The predicted octanol–water partition coefficient (Wildman–Crippen LogP) is 1.94. The Hall–Kier alpha value is -3.72. The number of ether oxygens (including phenoxy) is 1. The van der Waals surface area contributed by atoms with Crippen molar-refractivity contribution < 1.29 is 19.4 Å². The van der Waals surface area contributed by atoms with Crippen LogP contribution in [0.15, 0.2) is 54.6 Å². The molecule has 1 aliphatic heterocycles. The molecule has 0 saturated carbocycles. The van der Waals surface area contributed by atoms with Crippen molar-refractivity contribution in [2.45, 2.75) is 32.4 Å². The second-order valence-electron chi connectivity index (χ2n) is 7.56. The second-order valence-corrected chi connectivity index (χ2v) is 7.56. The number of aromatic nitrogens is 3. The first-order valence-corrected chi connectivity index (χ1v) is 10.3. The number of fused-ring (bicyclic) bond motifs is 1. The molecule has 3 N–H and O–H groups in total. The van der Waals surface area contributed by atoms with Crippen LogP contribution in [0.3, 0.4) is 0 Å². The fourth-order valence-electron chi connectivity index (χ4n) is 3.04. The smallest absolute Gasteiger partial charge is 0.291 e. The SMILES string of the molecule is CC(C)O.CN1C(=O)[C@@H](NC(=O)c2n[nH]c(Cc3ccccc3)n2)COc2ccccc21. The van der Waals surface area contributed by atoms with Crippen LogP contribution in [0.25, 0.3) is 0 Å². The van der Waals surface area contributed by atoms with Crippen LogP contribution in [0.1, 0.15) is 35.9 Å². The summed E-state index contributed by atoms with van der Waals surface area (Å²) in [6.07, 6.45) is 0.366. The van der Waals surface area contributed by atoms with Gasteiger partial charge in [0.25, 0.3) is 11.8 Å². The van der Waals surface area contributed by atoms with Crippen molar-refractivity contribution in [3.8, 4) is 5.75 Å². The van der Waals surface area contributed by atoms with E-state index in [-0.39, 0.29) is 24.4 Å². The average Bonchev–Trinajstić information content (AvgIpc) is 3.20. The van der Waals surface area contributed by atoms with Crippen molar-refractivity contribution in [1.29, 1.82) is 0 Å². The van der Waals surface area contributed by atoms with E-state index in [1.165, 1.54) is 4.90 Å². The molecule has 1 atom stereocenters. The van der Waals surface area contributed by atoms with Crippen LogP contribution in [0, 0.1) is 0 Å². The molecule has 3 aromatic rings. The maximum atomic E-state index is 12.7. The molecule has 0 spiro atoms. The van der Waals surface area contributed by atoms with Gasteiger partial charge in [-0.1, -0.05) is 42.5 Å². The number of nitrogens with zero attached hydrogens (tertiary/aromatic N) is 3. The maximum Gasteiger partial charge on any atom is 0.291 e. The first kappa shape index (κ1) is 23.0. The van der Waals surface area contributed by atoms with Gasteiger partial charge in [0.1, 0.15) is 24.2 Å². The lowest BCUT2D eigenvalue weighted by molar-refractivity contribution is -0.120. The normalized spacial score (nSPS) is 15.2. The van der Waals surface area contributed by atoms with Gasteiger partial charge in [0.15, 0.2) is 0 Å². The van der Waals surface area contributed by atoms with Crippen molar-refractivity contribution in [3.63, 3.8) is 0 Å². The lowest BCUT2D eigenvalue weighted by Gasteiger charge is -2.19. The molecule has 0 saturated heterocycles. The van der Waals surface area contributed by atoms with Gasteiger partial charge in [0.2, 0.25) is 5.82 Å². The molecule has 0 bridgehead atoms. The largest absolute Gasteiger partial charge is 0.489 e. The number of aliphatic hydroxyl groups excluding tert-OH is 1. The zero-order valence-corrected chi connectivity index (χ0v) is 18.3. The Morgan fingerprint density at radius 2 is 1.88 bits per heavy atom. The number of nitrogens with one attached hydrogen (secondary N) is 2. The van der Waals surface area contributed by atoms with Crippen molar-refractivity contribution in [1.82, 2.24) is 20.5 Å². The number of likely N-dealkylation sites (N-methyl/N-ethyl adjacent to an activating group) is 1. The topological polar surface area (TPSA) is 120 Å². The van der Waals surface area contributed by atoms with E-state index in [4.69, 9.17) is 9.84 Å². The van der Waals surface area contributed by atoms with Gasteiger partial charge in [0.05, 0.1) is 5.69 Å². The Labute approximate surface area is 186 Å². The van der Waals surface area contributed by atoms with Crippen molar-refractivity contribution in [3.05, 3.63) is 71.8 Å². The van der Waals surface area contributed by atoms with Crippen LogP contribution in [0.4, 0.5) is 5.69 Å². The zero-order valence-electron chi connectivity index (χ0n) is 18.3. The van der Waals surface area contributed by atoms with Gasteiger partial charge in [-0.05, 0) is 31.5 Å². The van der Waals surface area contributed by atoms with Gasteiger partial charge in [-0.25, -0.2) is 4.98 Å². The zero-order chi connectivity index (χ0) is 23.1. The molecule has 0 fully saturated rings. The number of carbonyl (C=O) groups excluding carboxylic acids is 2. The van der Waals surface area contributed by atoms with Crippen LogP contribution < -0.4 is 15.0 Å². The molecule has 9 nitrogen and oxygen atoms in total.